The van der Waals surface area contributed by atoms with Crippen LogP contribution in [0.4, 0.5) is 39.5 Å². The van der Waals surface area contributed by atoms with Crippen LogP contribution in [0.3, 0.4) is 0 Å². The summed E-state index contributed by atoms with van der Waals surface area (Å²) in [5.41, 5.74) is -8.08. The first-order valence-corrected chi connectivity index (χ1v) is 9.35. The van der Waals surface area contributed by atoms with Crippen molar-refractivity contribution in [2.24, 2.45) is 0 Å². The van der Waals surface area contributed by atoms with E-state index in [4.69, 9.17) is 28.3 Å². The van der Waals surface area contributed by atoms with Gasteiger partial charge in [0.2, 0.25) is 0 Å². The van der Waals surface area contributed by atoms with E-state index in [0.717, 1.165) is 12.1 Å². The van der Waals surface area contributed by atoms with Crippen molar-refractivity contribution < 1.29 is 57.2 Å². The zero-order chi connectivity index (χ0) is 24.4. The first-order chi connectivity index (χ1) is 13.8. The number of hydrogen-bond acceptors (Lipinski definition) is 4. The molecule has 0 aliphatic carbocycles. The molecule has 0 bridgehead atoms. The summed E-state index contributed by atoms with van der Waals surface area (Å²) in [5, 5.41) is 8.03. The maximum absolute atomic E-state index is 12.3. The Morgan fingerprint density at radius 3 is 1.55 bits per heavy atom. The van der Waals surface area contributed by atoms with Gasteiger partial charge in [0.1, 0.15) is 5.75 Å². The Bertz CT molecular complexity index is 1030. The van der Waals surface area contributed by atoms with Gasteiger partial charge >= 0.3 is 28.0 Å². The molecule has 2 aromatic rings. The van der Waals surface area contributed by atoms with Crippen molar-refractivity contribution in [1.82, 2.24) is 0 Å². The number of phenolic OH excluding ortho intramolecular Hbond substituents is 1. The molecule has 0 amide bonds. The van der Waals surface area contributed by atoms with Gasteiger partial charge in [-0.1, -0.05) is 23.2 Å². The molecule has 16 heteroatoms. The summed E-state index contributed by atoms with van der Waals surface area (Å²) >= 11 is 10.6. The van der Waals surface area contributed by atoms with E-state index in [-0.39, 0.29) is 11.1 Å². The molecule has 174 valence electrons. The molecule has 0 aliphatic heterocycles. The number of hydrogen-bond donors (Lipinski definition) is 1. The Kier molecular flexibility index (Phi) is 8.01. The third kappa shape index (κ3) is 7.54. The van der Waals surface area contributed by atoms with E-state index in [1.165, 1.54) is 0 Å². The van der Waals surface area contributed by atoms with Gasteiger partial charge in [-0.2, -0.15) is 47.9 Å². The van der Waals surface area contributed by atoms with Crippen molar-refractivity contribution in [3.8, 4) is 11.5 Å². The van der Waals surface area contributed by atoms with Crippen molar-refractivity contribution in [1.29, 1.82) is 0 Å². The van der Waals surface area contributed by atoms with Crippen LogP contribution in [0.15, 0.2) is 36.4 Å². The minimum Gasteiger partial charge on any atom is -0.506 e. The Labute approximate surface area is 177 Å². The lowest BCUT2D eigenvalue weighted by Gasteiger charge is -2.12. The lowest BCUT2D eigenvalue weighted by Crippen LogP contribution is -2.28. The van der Waals surface area contributed by atoms with Gasteiger partial charge in [-0.25, -0.2) is 0 Å². The van der Waals surface area contributed by atoms with Crippen molar-refractivity contribution in [3.05, 3.63) is 57.6 Å². The van der Waals surface area contributed by atoms with Gasteiger partial charge < -0.3 is 9.29 Å². The molecule has 0 atom stereocenters. The first kappa shape index (κ1) is 27.0. The van der Waals surface area contributed by atoms with E-state index >= 15 is 0 Å². The lowest BCUT2D eigenvalue weighted by molar-refractivity contribution is -0.138. The average molecular weight is 525 g/mol. The second-order valence-corrected chi connectivity index (χ2v) is 7.64. The van der Waals surface area contributed by atoms with Crippen LogP contribution >= 0.6 is 23.2 Å². The Balaban J connectivity index is 0.000000343. The fourth-order valence-corrected chi connectivity index (χ4v) is 2.39. The summed E-state index contributed by atoms with van der Waals surface area (Å²) in [6, 6.07) is 3.50. The molecule has 0 saturated carbocycles. The minimum atomic E-state index is -6.09. The van der Waals surface area contributed by atoms with Crippen LogP contribution in [0.2, 0.25) is 10.0 Å². The molecule has 2 rings (SSSR count). The molecule has 31 heavy (non-hydrogen) atoms. The van der Waals surface area contributed by atoms with Crippen molar-refractivity contribution in [2.75, 3.05) is 0 Å². The van der Waals surface area contributed by atoms with Gasteiger partial charge in [0.05, 0.1) is 21.2 Å². The van der Waals surface area contributed by atoms with Gasteiger partial charge in [-0.3, -0.25) is 0 Å². The number of alkyl halides is 9. The van der Waals surface area contributed by atoms with Crippen LogP contribution in [-0.2, 0) is 22.5 Å². The molecular weight excluding hydrogens is 518 g/mol. The molecule has 0 heterocycles. The van der Waals surface area contributed by atoms with Crippen LogP contribution in [0.25, 0.3) is 0 Å². The first-order valence-electron chi connectivity index (χ1n) is 7.19. The Morgan fingerprint density at radius 2 is 1.16 bits per heavy atom. The van der Waals surface area contributed by atoms with Gasteiger partial charge in [0.15, 0.2) is 5.75 Å². The van der Waals surface area contributed by atoms with E-state index in [1.54, 1.807) is 0 Å². The fraction of sp³-hybridized carbons (Fsp3) is 0.200. The second kappa shape index (κ2) is 9.20. The summed E-state index contributed by atoms with van der Waals surface area (Å²) in [6.45, 7) is 0. The van der Waals surface area contributed by atoms with E-state index < -0.39 is 55.6 Å². The van der Waals surface area contributed by atoms with Crippen molar-refractivity contribution in [2.45, 2.75) is 17.9 Å². The molecule has 2 aromatic carbocycles. The predicted octanol–water partition coefficient (Wildman–Crippen LogP) is 6.65. The summed E-state index contributed by atoms with van der Waals surface area (Å²) in [7, 11) is -6.09. The molecule has 0 aliphatic rings. The lowest BCUT2D eigenvalue weighted by atomic mass is 10.2. The molecule has 0 aromatic heterocycles. The van der Waals surface area contributed by atoms with Crippen LogP contribution in [0.5, 0.6) is 11.5 Å². The van der Waals surface area contributed by atoms with E-state index in [2.05, 4.69) is 4.18 Å². The fourth-order valence-electron chi connectivity index (χ4n) is 1.60. The standard InChI is InChI=1S/C8H3ClF6O3S.C7H4ClF3O/c9-5-2-1-4(7(10,11)12)3-6(5)18-19(16,17)8(13,14)15;8-5-2-1-4(3-6(5)12)7(9,10)11/h1-3H;1-3,12H. The number of benzene rings is 2. The highest BCUT2D eigenvalue weighted by molar-refractivity contribution is 7.88. The highest BCUT2D eigenvalue weighted by Crippen LogP contribution is 2.37. The summed E-state index contributed by atoms with van der Waals surface area (Å²) in [6.07, 6.45) is -9.33. The number of rotatable bonds is 2. The molecule has 0 unspecified atom stereocenters. The third-order valence-corrected chi connectivity index (χ3v) is 4.61. The molecular formula is C15H7Cl2F9O4S. The maximum Gasteiger partial charge on any atom is 0.534 e. The Morgan fingerprint density at radius 1 is 0.742 bits per heavy atom. The van der Waals surface area contributed by atoms with Crippen LogP contribution in [0.1, 0.15) is 11.1 Å². The monoisotopic (exact) mass is 524 g/mol. The van der Waals surface area contributed by atoms with Crippen molar-refractivity contribution in [3.63, 3.8) is 0 Å². The number of aromatic hydroxyl groups is 1. The van der Waals surface area contributed by atoms with E-state index in [9.17, 15) is 47.9 Å². The molecule has 0 fully saturated rings. The van der Waals surface area contributed by atoms with Gasteiger partial charge in [-0.15, -0.1) is 0 Å². The van der Waals surface area contributed by atoms with Crippen LogP contribution < -0.4 is 4.18 Å². The van der Waals surface area contributed by atoms with E-state index in [1.807, 2.05) is 0 Å². The summed E-state index contributed by atoms with van der Waals surface area (Å²) in [4.78, 5) is 0. The molecule has 0 radical (unpaired) electrons. The summed E-state index contributed by atoms with van der Waals surface area (Å²) in [5.74, 6) is -1.82. The predicted molar refractivity (Wildman–Crippen MR) is 90.2 cm³/mol. The topological polar surface area (TPSA) is 63.6 Å². The molecule has 0 spiro atoms. The van der Waals surface area contributed by atoms with Crippen molar-refractivity contribution >= 4 is 33.3 Å². The average Bonchev–Trinajstić information content (AvgIpc) is 2.56. The SMILES string of the molecule is O=S(=O)(Oc1cc(C(F)(F)F)ccc1Cl)C(F)(F)F.Oc1cc(C(F)(F)F)ccc1Cl. The summed E-state index contributed by atoms with van der Waals surface area (Å²) < 4.78 is 134. The smallest absolute Gasteiger partial charge is 0.506 e. The minimum absolute atomic E-state index is 0.0611. The maximum atomic E-state index is 12.3. The van der Waals surface area contributed by atoms with E-state index in [0.29, 0.717) is 18.2 Å². The van der Waals surface area contributed by atoms with Crippen LogP contribution in [-0.4, -0.2) is 19.0 Å². The van der Waals surface area contributed by atoms with Crippen LogP contribution in [0, 0.1) is 0 Å². The highest BCUT2D eigenvalue weighted by Gasteiger charge is 2.49. The molecule has 4 nitrogen and oxygen atoms in total. The number of phenols is 1. The molecule has 1 N–H and O–H groups in total. The second-order valence-electron chi connectivity index (χ2n) is 5.29. The Hall–Kier alpha value is -2.06. The zero-order valence-corrected chi connectivity index (χ0v) is 16.5. The largest absolute Gasteiger partial charge is 0.534 e. The highest BCUT2D eigenvalue weighted by atomic mass is 35.5. The quantitative estimate of drug-likeness (QED) is 0.271. The molecule has 0 saturated heterocycles. The number of halogens is 11. The normalized spacial score (nSPS) is 12.7. The third-order valence-electron chi connectivity index (χ3n) is 3.01. The van der Waals surface area contributed by atoms with Gasteiger partial charge in [0.25, 0.3) is 0 Å². The van der Waals surface area contributed by atoms with Gasteiger partial charge in [-0.05, 0) is 36.4 Å². The zero-order valence-electron chi connectivity index (χ0n) is 14.2. The van der Waals surface area contributed by atoms with Gasteiger partial charge in [0, 0.05) is 0 Å².